The SMILES string of the molecule is O=C(O)/C=C/C(=O)O.c1ccc(C(OC2CCN(CCOc3ccc4ncnn4n3)CC2)c2ccccc2)cc1. The highest BCUT2D eigenvalue weighted by Crippen LogP contribution is 2.29. The Morgan fingerprint density at radius 2 is 1.50 bits per heavy atom. The summed E-state index contributed by atoms with van der Waals surface area (Å²) in [5.74, 6) is -1.95. The lowest BCUT2D eigenvalue weighted by atomic mass is 10.00. The number of hydrogen-bond donors (Lipinski definition) is 2. The number of aromatic nitrogens is 4. The van der Waals surface area contributed by atoms with Crippen molar-refractivity contribution in [3.8, 4) is 5.88 Å². The Morgan fingerprint density at radius 1 is 0.900 bits per heavy atom. The Morgan fingerprint density at radius 3 is 2.08 bits per heavy atom. The average Bonchev–Trinajstić information content (AvgIpc) is 3.45. The molecule has 11 nitrogen and oxygen atoms in total. The molecule has 4 aromatic rings. The number of ether oxygens (including phenoxy) is 2. The monoisotopic (exact) mass is 545 g/mol. The van der Waals surface area contributed by atoms with Crippen molar-refractivity contribution in [1.82, 2.24) is 24.7 Å². The van der Waals surface area contributed by atoms with Gasteiger partial charge in [-0.05, 0) is 30.0 Å². The van der Waals surface area contributed by atoms with Crippen LogP contribution >= 0.6 is 0 Å². The lowest BCUT2D eigenvalue weighted by Gasteiger charge is -2.34. The van der Waals surface area contributed by atoms with E-state index >= 15 is 0 Å². The molecule has 1 fully saturated rings. The summed E-state index contributed by atoms with van der Waals surface area (Å²) < 4.78 is 13.9. The van der Waals surface area contributed by atoms with Gasteiger partial charge in [0.05, 0.1) is 6.10 Å². The van der Waals surface area contributed by atoms with Gasteiger partial charge < -0.3 is 19.7 Å². The summed E-state index contributed by atoms with van der Waals surface area (Å²) in [7, 11) is 0. The molecule has 0 aliphatic carbocycles. The molecule has 0 unspecified atom stereocenters. The Labute approximate surface area is 231 Å². The third-order valence-electron chi connectivity index (χ3n) is 6.22. The number of aliphatic carboxylic acids is 2. The molecule has 0 radical (unpaired) electrons. The van der Waals surface area contributed by atoms with Crippen molar-refractivity contribution in [2.24, 2.45) is 0 Å². The molecule has 5 rings (SSSR count). The van der Waals surface area contributed by atoms with Gasteiger partial charge >= 0.3 is 11.9 Å². The minimum absolute atomic E-state index is 0.0324. The van der Waals surface area contributed by atoms with Gasteiger partial charge in [-0.1, -0.05) is 60.7 Å². The average molecular weight is 546 g/mol. The van der Waals surface area contributed by atoms with Crippen LogP contribution in [0, 0.1) is 0 Å². The van der Waals surface area contributed by atoms with Crippen LogP contribution in [0.15, 0.2) is 91.3 Å². The highest BCUT2D eigenvalue weighted by atomic mass is 16.5. The van der Waals surface area contributed by atoms with Gasteiger partial charge in [0.2, 0.25) is 5.88 Å². The zero-order valence-electron chi connectivity index (χ0n) is 21.8. The molecular weight excluding hydrogens is 514 g/mol. The van der Waals surface area contributed by atoms with Crippen molar-refractivity contribution in [2.75, 3.05) is 26.2 Å². The van der Waals surface area contributed by atoms with Gasteiger partial charge in [-0.3, -0.25) is 4.90 Å². The number of likely N-dealkylation sites (tertiary alicyclic amines) is 1. The maximum absolute atomic E-state index is 9.55. The third kappa shape index (κ3) is 8.72. The number of rotatable bonds is 10. The van der Waals surface area contributed by atoms with Gasteiger partial charge in [-0.25, -0.2) is 14.6 Å². The summed E-state index contributed by atoms with van der Waals surface area (Å²) in [4.78, 5) is 25.6. The molecule has 0 atom stereocenters. The molecule has 2 aromatic carbocycles. The number of piperidine rings is 1. The van der Waals surface area contributed by atoms with E-state index in [0.717, 1.165) is 32.5 Å². The van der Waals surface area contributed by atoms with E-state index in [2.05, 4.69) is 68.6 Å². The first-order valence-corrected chi connectivity index (χ1v) is 12.9. The van der Waals surface area contributed by atoms with Crippen LogP contribution in [-0.2, 0) is 14.3 Å². The van der Waals surface area contributed by atoms with Crippen molar-refractivity contribution in [2.45, 2.75) is 25.0 Å². The van der Waals surface area contributed by atoms with Gasteiger partial charge in [0.15, 0.2) is 5.65 Å². The summed E-state index contributed by atoms with van der Waals surface area (Å²) in [6.45, 7) is 3.46. The fourth-order valence-electron chi connectivity index (χ4n) is 4.27. The van der Waals surface area contributed by atoms with Gasteiger partial charge in [0.25, 0.3) is 0 Å². The minimum Gasteiger partial charge on any atom is -0.478 e. The summed E-state index contributed by atoms with van der Waals surface area (Å²) in [5.41, 5.74) is 3.11. The molecule has 1 saturated heterocycles. The summed E-state index contributed by atoms with van der Waals surface area (Å²) in [6.07, 6.45) is 4.84. The normalized spacial score (nSPS) is 14.2. The molecule has 11 heteroatoms. The van der Waals surface area contributed by atoms with Gasteiger partial charge in [0, 0.05) is 37.9 Å². The summed E-state index contributed by atoms with van der Waals surface area (Å²) in [6, 6.07) is 24.7. The molecular formula is C29H31N5O6. The molecule has 0 spiro atoms. The van der Waals surface area contributed by atoms with Crippen LogP contribution in [-0.4, -0.2) is 79.2 Å². The van der Waals surface area contributed by atoms with E-state index in [1.54, 1.807) is 0 Å². The summed E-state index contributed by atoms with van der Waals surface area (Å²) in [5, 5.41) is 24.0. The first kappa shape index (κ1) is 28.4. The fraction of sp³-hybridized carbons (Fsp3) is 0.276. The predicted molar refractivity (Wildman–Crippen MR) is 146 cm³/mol. The highest BCUT2D eigenvalue weighted by Gasteiger charge is 2.24. The molecule has 2 N–H and O–H groups in total. The molecule has 0 amide bonds. The number of nitrogens with zero attached hydrogens (tertiary/aromatic N) is 5. The third-order valence-corrected chi connectivity index (χ3v) is 6.22. The Hall–Kier alpha value is -4.61. The van der Waals surface area contributed by atoms with Crippen LogP contribution < -0.4 is 4.74 Å². The van der Waals surface area contributed by atoms with E-state index in [-0.39, 0.29) is 12.2 Å². The first-order chi connectivity index (χ1) is 19.5. The first-order valence-electron chi connectivity index (χ1n) is 12.9. The smallest absolute Gasteiger partial charge is 0.328 e. The molecule has 0 bridgehead atoms. The van der Waals surface area contributed by atoms with Gasteiger partial charge in [-0.2, -0.15) is 0 Å². The predicted octanol–water partition coefficient (Wildman–Crippen LogP) is 3.49. The van der Waals surface area contributed by atoms with Crippen LogP contribution in [0.3, 0.4) is 0 Å². The number of hydrogen-bond acceptors (Lipinski definition) is 8. The zero-order valence-corrected chi connectivity index (χ0v) is 21.8. The molecule has 1 aliphatic rings. The number of carbonyl (C=O) groups is 2. The Kier molecular flexibility index (Phi) is 10.3. The highest BCUT2D eigenvalue weighted by molar-refractivity contribution is 5.89. The molecule has 2 aromatic heterocycles. The summed E-state index contributed by atoms with van der Waals surface area (Å²) >= 11 is 0. The van der Waals surface area contributed by atoms with Crippen molar-refractivity contribution >= 4 is 17.6 Å². The van der Waals surface area contributed by atoms with Crippen LogP contribution in [0.25, 0.3) is 5.65 Å². The van der Waals surface area contributed by atoms with Gasteiger partial charge in [-0.15, -0.1) is 14.8 Å². The quantitative estimate of drug-likeness (QED) is 0.285. The number of benzene rings is 2. The molecule has 208 valence electrons. The standard InChI is InChI=1S/C25H27N5O2.C4H4O4/c1-3-7-20(8-4-1)25(21-9-5-2-6-10-21)32-22-13-15-29(16-14-22)17-18-31-24-12-11-23-26-19-27-30(23)28-24;5-3(6)1-2-4(7)8/h1-12,19,22,25H,13-18H2;1-2H,(H,5,6)(H,7,8)/b;2-1+. The molecule has 1 aliphatic heterocycles. The van der Waals surface area contributed by atoms with Crippen LogP contribution in [0.4, 0.5) is 0 Å². The molecule has 0 saturated carbocycles. The second-order valence-corrected chi connectivity index (χ2v) is 9.02. The lowest BCUT2D eigenvalue weighted by Crippen LogP contribution is -2.39. The van der Waals surface area contributed by atoms with Crippen LogP contribution in [0.2, 0.25) is 0 Å². The zero-order chi connectivity index (χ0) is 28.2. The minimum atomic E-state index is -1.26. The van der Waals surface area contributed by atoms with E-state index in [1.165, 1.54) is 22.1 Å². The van der Waals surface area contributed by atoms with Crippen molar-refractivity contribution < 1.29 is 29.3 Å². The van der Waals surface area contributed by atoms with Crippen LogP contribution in [0.5, 0.6) is 5.88 Å². The molecule has 3 heterocycles. The number of carboxylic acid groups (broad SMARTS) is 2. The maximum Gasteiger partial charge on any atom is 0.328 e. The topological polar surface area (TPSA) is 139 Å². The van der Waals surface area contributed by atoms with E-state index in [0.29, 0.717) is 30.3 Å². The van der Waals surface area contributed by atoms with E-state index < -0.39 is 11.9 Å². The Bertz CT molecular complexity index is 1330. The lowest BCUT2D eigenvalue weighted by molar-refractivity contribution is -0.134. The van der Waals surface area contributed by atoms with E-state index in [1.807, 2.05) is 24.3 Å². The Balaban J connectivity index is 0.000000406. The van der Waals surface area contributed by atoms with Crippen molar-refractivity contribution in [3.63, 3.8) is 0 Å². The molecule has 40 heavy (non-hydrogen) atoms. The number of carboxylic acids is 2. The van der Waals surface area contributed by atoms with E-state index in [9.17, 15) is 9.59 Å². The second kappa shape index (κ2) is 14.5. The second-order valence-electron chi connectivity index (χ2n) is 9.02. The number of fused-ring (bicyclic) bond motifs is 1. The van der Waals surface area contributed by atoms with E-state index in [4.69, 9.17) is 19.7 Å². The largest absolute Gasteiger partial charge is 0.478 e. The maximum atomic E-state index is 9.55. The van der Waals surface area contributed by atoms with Crippen molar-refractivity contribution in [3.05, 3.63) is 102 Å². The van der Waals surface area contributed by atoms with Crippen molar-refractivity contribution in [1.29, 1.82) is 0 Å². The van der Waals surface area contributed by atoms with Gasteiger partial charge in [0.1, 0.15) is 19.0 Å². The fourth-order valence-corrected chi connectivity index (χ4v) is 4.27. The van der Waals surface area contributed by atoms with Crippen LogP contribution in [0.1, 0.15) is 30.1 Å².